The van der Waals surface area contributed by atoms with E-state index in [1.165, 1.54) is 0 Å². The topological polar surface area (TPSA) is 20.3 Å². The third-order valence-corrected chi connectivity index (χ3v) is 3.57. The number of anilines is 1. The largest absolute Gasteiger partial charge is 0.311 e. The van der Waals surface area contributed by atoms with Gasteiger partial charge in [0.05, 0.1) is 10.7 Å². The molecule has 0 aliphatic carbocycles. The summed E-state index contributed by atoms with van der Waals surface area (Å²) >= 11 is 11.9. The van der Waals surface area contributed by atoms with E-state index in [0.717, 1.165) is 11.3 Å². The summed E-state index contributed by atoms with van der Waals surface area (Å²) in [6.45, 7) is 2.66. The molecule has 2 rings (SSSR count). The van der Waals surface area contributed by atoms with Gasteiger partial charge in [-0.2, -0.15) is 0 Å². The van der Waals surface area contributed by atoms with Gasteiger partial charge >= 0.3 is 0 Å². The van der Waals surface area contributed by atoms with Crippen molar-refractivity contribution in [3.8, 4) is 0 Å². The van der Waals surface area contributed by atoms with Crippen LogP contribution in [0.25, 0.3) is 0 Å². The van der Waals surface area contributed by atoms with Gasteiger partial charge < -0.3 is 4.90 Å². The average molecular weight is 258 g/mol. The molecular weight excluding hydrogens is 245 g/mol. The second kappa shape index (κ2) is 4.64. The molecule has 0 N–H and O–H groups in total. The molecule has 1 saturated heterocycles. The van der Waals surface area contributed by atoms with Gasteiger partial charge in [0.25, 0.3) is 0 Å². The third-order valence-electron chi connectivity index (χ3n) is 2.82. The van der Waals surface area contributed by atoms with E-state index >= 15 is 0 Å². The lowest BCUT2D eigenvalue weighted by molar-refractivity contribution is -0.117. The fourth-order valence-electron chi connectivity index (χ4n) is 1.95. The van der Waals surface area contributed by atoms with E-state index in [-0.39, 0.29) is 11.8 Å². The molecule has 0 radical (unpaired) electrons. The minimum atomic E-state index is 0.109. The van der Waals surface area contributed by atoms with Crippen LogP contribution < -0.4 is 4.90 Å². The maximum Gasteiger partial charge on any atom is 0.227 e. The van der Waals surface area contributed by atoms with Crippen LogP contribution in [0.5, 0.6) is 0 Å². The SMILES string of the molecule is Cc1ccc(Cl)c(N2CC(CCl)CC2=O)c1. The Morgan fingerprint density at radius 1 is 1.50 bits per heavy atom. The van der Waals surface area contributed by atoms with Gasteiger partial charge in [0.1, 0.15) is 0 Å². The van der Waals surface area contributed by atoms with Crippen molar-refractivity contribution in [2.75, 3.05) is 17.3 Å². The Labute approximate surface area is 105 Å². The molecular formula is C12H13Cl2NO. The van der Waals surface area contributed by atoms with Crippen LogP contribution in [0.2, 0.25) is 5.02 Å². The zero-order valence-corrected chi connectivity index (χ0v) is 10.6. The maximum absolute atomic E-state index is 11.8. The highest BCUT2D eigenvalue weighted by Crippen LogP contribution is 2.32. The Balaban J connectivity index is 2.30. The molecule has 2 nitrogen and oxygen atoms in total. The predicted octanol–water partition coefficient (Wildman–Crippen LogP) is 3.24. The van der Waals surface area contributed by atoms with E-state index in [0.29, 0.717) is 23.9 Å². The first-order valence-corrected chi connectivity index (χ1v) is 6.15. The van der Waals surface area contributed by atoms with Crippen LogP contribution in [0, 0.1) is 12.8 Å². The number of hydrogen-bond acceptors (Lipinski definition) is 1. The van der Waals surface area contributed by atoms with Gasteiger partial charge in [-0.25, -0.2) is 0 Å². The standard InChI is InChI=1S/C12H13Cl2NO/c1-8-2-3-10(14)11(4-8)15-7-9(6-13)5-12(15)16/h2-4,9H,5-7H2,1H3. The van der Waals surface area contributed by atoms with E-state index in [1.807, 2.05) is 25.1 Å². The van der Waals surface area contributed by atoms with E-state index in [1.54, 1.807) is 4.90 Å². The Morgan fingerprint density at radius 2 is 2.25 bits per heavy atom. The number of hydrogen-bond donors (Lipinski definition) is 0. The molecule has 0 aromatic heterocycles. The highest BCUT2D eigenvalue weighted by atomic mass is 35.5. The molecule has 0 bridgehead atoms. The first-order valence-electron chi connectivity index (χ1n) is 5.24. The van der Waals surface area contributed by atoms with Crippen LogP contribution in [-0.4, -0.2) is 18.3 Å². The van der Waals surface area contributed by atoms with Gasteiger partial charge in [0.15, 0.2) is 0 Å². The third kappa shape index (κ3) is 2.18. The summed E-state index contributed by atoms with van der Waals surface area (Å²) in [6, 6.07) is 5.70. The van der Waals surface area contributed by atoms with Crippen LogP contribution in [-0.2, 0) is 4.79 Å². The van der Waals surface area contributed by atoms with Gasteiger partial charge in [-0.1, -0.05) is 17.7 Å². The molecule has 1 atom stereocenters. The molecule has 4 heteroatoms. The molecule has 0 spiro atoms. The average Bonchev–Trinajstić information content (AvgIpc) is 2.63. The molecule has 1 heterocycles. The number of benzene rings is 1. The number of nitrogens with zero attached hydrogens (tertiary/aromatic N) is 1. The smallest absolute Gasteiger partial charge is 0.227 e. The molecule has 1 aliphatic rings. The lowest BCUT2D eigenvalue weighted by Gasteiger charge is -2.18. The van der Waals surface area contributed by atoms with Gasteiger partial charge in [0.2, 0.25) is 5.91 Å². The number of halogens is 2. The summed E-state index contributed by atoms with van der Waals surface area (Å²) in [4.78, 5) is 13.6. The number of amides is 1. The number of rotatable bonds is 2. The summed E-state index contributed by atoms with van der Waals surface area (Å²) < 4.78 is 0. The Hall–Kier alpha value is -0.730. The Kier molecular flexibility index (Phi) is 3.41. The Morgan fingerprint density at radius 3 is 2.88 bits per heavy atom. The van der Waals surface area contributed by atoms with Gasteiger partial charge in [0, 0.05) is 18.8 Å². The van der Waals surface area contributed by atoms with Crippen LogP contribution in [0.1, 0.15) is 12.0 Å². The quantitative estimate of drug-likeness (QED) is 0.746. The fraction of sp³-hybridized carbons (Fsp3) is 0.417. The molecule has 86 valence electrons. The lowest BCUT2D eigenvalue weighted by Crippen LogP contribution is -2.25. The molecule has 1 aliphatic heterocycles. The first-order chi connectivity index (χ1) is 7.61. The summed E-state index contributed by atoms with van der Waals surface area (Å²) in [6.07, 6.45) is 0.522. The zero-order valence-electron chi connectivity index (χ0n) is 9.04. The molecule has 1 amide bonds. The number of carbonyl (C=O) groups excluding carboxylic acids is 1. The van der Waals surface area contributed by atoms with Crippen molar-refractivity contribution in [3.63, 3.8) is 0 Å². The molecule has 1 aromatic carbocycles. The van der Waals surface area contributed by atoms with Gasteiger partial charge in [-0.15, -0.1) is 11.6 Å². The summed E-state index contributed by atoms with van der Waals surface area (Å²) in [5.74, 6) is 0.870. The highest BCUT2D eigenvalue weighted by molar-refractivity contribution is 6.34. The second-order valence-corrected chi connectivity index (χ2v) is 4.90. The predicted molar refractivity (Wildman–Crippen MR) is 67.4 cm³/mol. The van der Waals surface area contributed by atoms with E-state index in [2.05, 4.69) is 0 Å². The van der Waals surface area contributed by atoms with Crippen molar-refractivity contribution in [1.82, 2.24) is 0 Å². The minimum absolute atomic E-state index is 0.109. The lowest BCUT2D eigenvalue weighted by atomic mass is 10.1. The van der Waals surface area contributed by atoms with E-state index < -0.39 is 0 Å². The van der Waals surface area contributed by atoms with Crippen molar-refractivity contribution in [1.29, 1.82) is 0 Å². The van der Waals surface area contributed by atoms with Crippen molar-refractivity contribution in [2.24, 2.45) is 5.92 Å². The minimum Gasteiger partial charge on any atom is -0.311 e. The molecule has 1 fully saturated rings. The van der Waals surface area contributed by atoms with Crippen LogP contribution in [0.15, 0.2) is 18.2 Å². The van der Waals surface area contributed by atoms with Crippen molar-refractivity contribution >= 4 is 34.8 Å². The number of alkyl halides is 1. The second-order valence-electron chi connectivity index (χ2n) is 4.18. The zero-order chi connectivity index (χ0) is 11.7. The molecule has 1 unspecified atom stereocenters. The number of aryl methyl sites for hydroxylation is 1. The van der Waals surface area contributed by atoms with Crippen LogP contribution >= 0.6 is 23.2 Å². The highest BCUT2D eigenvalue weighted by Gasteiger charge is 2.30. The summed E-state index contributed by atoms with van der Waals surface area (Å²) in [5, 5.41) is 0.620. The number of carbonyl (C=O) groups is 1. The summed E-state index contributed by atoms with van der Waals surface area (Å²) in [5.41, 5.74) is 1.90. The Bertz CT molecular complexity index is 419. The maximum atomic E-state index is 11.8. The van der Waals surface area contributed by atoms with Crippen molar-refractivity contribution < 1.29 is 4.79 Å². The first kappa shape index (κ1) is 11.7. The van der Waals surface area contributed by atoms with Crippen molar-refractivity contribution in [2.45, 2.75) is 13.3 Å². The van der Waals surface area contributed by atoms with Gasteiger partial charge in [-0.05, 0) is 30.5 Å². The van der Waals surface area contributed by atoms with Gasteiger partial charge in [-0.3, -0.25) is 4.79 Å². The van der Waals surface area contributed by atoms with Crippen LogP contribution in [0.3, 0.4) is 0 Å². The van der Waals surface area contributed by atoms with E-state index in [9.17, 15) is 4.79 Å². The van der Waals surface area contributed by atoms with E-state index in [4.69, 9.17) is 23.2 Å². The fourth-order valence-corrected chi connectivity index (χ4v) is 2.37. The molecule has 16 heavy (non-hydrogen) atoms. The molecule has 0 saturated carbocycles. The monoisotopic (exact) mass is 257 g/mol. The molecule has 1 aromatic rings. The normalized spacial score (nSPS) is 20.6. The van der Waals surface area contributed by atoms with Crippen molar-refractivity contribution in [3.05, 3.63) is 28.8 Å². The van der Waals surface area contributed by atoms with Crippen LogP contribution in [0.4, 0.5) is 5.69 Å². The summed E-state index contributed by atoms with van der Waals surface area (Å²) in [7, 11) is 0.